The molecule has 0 radical (unpaired) electrons. The maximum absolute atomic E-state index is 9.25. The van der Waals surface area contributed by atoms with Crippen LogP contribution < -0.4 is 0 Å². The molecule has 2 aliphatic heterocycles. The Morgan fingerprint density at radius 2 is 2.43 bits per heavy atom. The maximum atomic E-state index is 9.25. The Kier molecular flexibility index (Phi) is 4.10. The van der Waals surface area contributed by atoms with Gasteiger partial charge in [0, 0.05) is 37.2 Å². The Hall–Kier alpha value is 0.230. The summed E-state index contributed by atoms with van der Waals surface area (Å²) in [6.07, 6.45) is 1.20. The van der Waals surface area contributed by atoms with Crippen molar-refractivity contribution in [2.24, 2.45) is 5.92 Å². The van der Waals surface area contributed by atoms with Crippen molar-refractivity contribution in [3.63, 3.8) is 0 Å². The van der Waals surface area contributed by atoms with Gasteiger partial charge in [0.1, 0.15) is 0 Å². The number of hydrogen-bond donors (Lipinski definition) is 1. The Labute approximate surface area is 89.8 Å². The molecular formula is C10H19NO2S. The first kappa shape index (κ1) is 10.7. The second-order valence-corrected chi connectivity index (χ2v) is 5.29. The van der Waals surface area contributed by atoms with Crippen LogP contribution in [0.4, 0.5) is 0 Å². The van der Waals surface area contributed by atoms with Crippen molar-refractivity contribution < 1.29 is 9.84 Å². The smallest absolute Gasteiger partial charge is 0.0594 e. The third kappa shape index (κ3) is 2.63. The molecule has 0 amide bonds. The monoisotopic (exact) mass is 217 g/mol. The Morgan fingerprint density at radius 1 is 1.50 bits per heavy atom. The molecule has 2 atom stereocenters. The van der Waals surface area contributed by atoms with E-state index >= 15 is 0 Å². The minimum absolute atomic E-state index is 0.306. The van der Waals surface area contributed by atoms with Crippen molar-refractivity contribution in [2.75, 3.05) is 44.4 Å². The number of hydrogen-bond acceptors (Lipinski definition) is 4. The van der Waals surface area contributed by atoms with Crippen LogP contribution in [0.3, 0.4) is 0 Å². The van der Waals surface area contributed by atoms with Gasteiger partial charge in [0.15, 0.2) is 0 Å². The van der Waals surface area contributed by atoms with Gasteiger partial charge < -0.3 is 9.84 Å². The zero-order chi connectivity index (χ0) is 9.80. The topological polar surface area (TPSA) is 32.7 Å². The molecule has 14 heavy (non-hydrogen) atoms. The fourth-order valence-corrected chi connectivity index (χ4v) is 3.28. The fraction of sp³-hybridized carbons (Fsp3) is 1.00. The molecule has 0 saturated carbocycles. The summed E-state index contributed by atoms with van der Waals surface area (Å²) in [5, 5.41) is 9.25. The van der Waals surface area contributed by atoms with Gasteiger partial charge in [0.2, 0.25) is 0 Å². The van der Waals surface area contributed by atoms with Crippen molar-refractivity contribution >= 4 is 11.8 Å². The molecule has 2 rings (SSSR count). The predicted molar refractivity (Wildman–Crippen MR) is 58.7 cm³/mol. The molecule has 0 aromatic heterocycles. The van der Waals surface area contributed by atoms with Crippen molar-refractivity contribution in [1.29, 1.82) is 0 Å². The molecule has 0 bridgehead atoms. The molecule has 2 aliphatic rings. The van der Waals surface area contributed by atoms with Crippen LogP contribution in [-0.4, -0.2) is 60.5 Å². The van der Waals surface area contributed by atoms with Crippen LogP contribution in [0.15, 0.2) is 0 Å². The molecular weight excluding hydrogens is 198 g/mol. The SMILES string of the molecule is OC[C@@H]1CSCCN1CC1CCOC1. The van der Waals surface area contributed by atoms with Crippen molar-refractivity contribution in [1.82, 2.24) is 4.90 Å². The van der Waals surface area contributed by atoms with Crippen molar-refractivity contribution in [3.05, 3.63) is 0 Å². The van der Waals surface area contributed by atoms with Crippen molar-refractivity contribution in [2.45, 2.75) is 12.5 Å². The third-order valence-electron chi connectivity index (χ3n) is 3.08. The number of nitrogens with zero attached hydrogens (tertiary/aromatic N) is 1. The Bertz CT molecular complexity index is 174. The highest BCUT2D eigenvalue weighted by Gasteiger charge is 2.26. The zero-order valence-electron chi connectivity index (χ0n) is 8.52. The summed E-state index contributed by atoms with van der Waals surface area (Å²) in [5.74, 6) is 3.00. The van der Waals surface area contributed by atoms with E-state index in [4.69, 9.17) is 4.74 Å². The lowest BCUT2D eigenvalue weighted by molar-refractivity contribution is 0.114. The molecule has 0 aromatic rings. The van der Waals surface area contributed by atoms with E-state index < -0.39 is 0 Å². The zero-order valence-corrected chi connectivity index (χ0v) is 9.34. The summed E-state index contributed by atoms with van der Waals surface area (Å²) in [4.78, 5) is 2.44. The van der Waals surface area contributed by atoms with Crippen LogP contribution in [0.25, 0.3) is 0 Å². The Morgan fingerprint density at radius 3 is 3.14 bits per heavy atom. The summed E-state index contributed by atoms with van der Waals surface area (Å²) < 4.78 is 5.37. The molecule has 1 unspecified atom stereocenters. The fourth-order valence-electron chi connectivity index (χ4n) is 2.16. The molecule has 2 fully saturated rings. The maximum Gasteiger partial charge on any atom is 0.0594 e. The van der Waals surface area contributed by atoms with E-state index in [-0.39, 0.29) is 0 Å². The van der Waals surface area contributed by atoms with E-state index in [0.717, 1.165) is 32.1 Å². The number of thioether (sulfide) groups is 1. The van der Waals surface area contributed by atoms with Gasteiger partial charge in [-0.2, -0.15) is 11.8 Å². The van der Waals surface area contributed by atoms with Gasteiger partial charge in [-0.1, -0.05) is 0 Å². The molecule has 82 valence electrons. The van der Waals surface area contributed by atoms with Crippen LogP contribution in [-0.2, 0) is 4.74 Å². The first-order valence-electron chi connectivity index (χ1n) is 5.40. The van der Waals surface area contributed by atoms with Gasteiger partial charge in [-0.3, -0.25) is 4.90 Å². The van der Waals surface area contributed by atoms with Gasteiger partial charge in [0.25, 0.3) is 0 Å². The second kappa shape index (κ2) is 5.35. The highest BCUT2D eigenvalue weighted by atomic mass is 32.2. The molecule has 4 heteroatoms. The summed E-state index contributed by atoms with van der Waals surface area (Å²) in [7, 11) is 0. The average Bonchev–Trinajstić information content (AvgIpc) is 2.71. The molecule has 0 aliphatic carbocycles. The number of aliphatic hydroxyl groups excluding tert-OH is 1. The van der Waals surface area contributed by atoms with Gasteiger partial charge in [-0.05, 0) is 12.3 Å². The normalized spacial score (nSPS) is 34.9. The van der Waals surface area contributed by atoms with E-state index in [1.165, 1.54) is 12.2 Å². The molecule has 1 N–H and O–H groups in total. The molecule has 2 saturated heterocycles. The standard InChI is InChI=1S/C10H19NO2S/c12-6-10-8-14-4-2-11(10)5-9-1-3-13-7-9/h9-10,12H,1-8H2/t9?,10-/m1/s1. The second-order valence-electron chi connectivity index (χ2n) is 4.14. The molecule has 0 aromatic carbocycles. The molecule has 3 nitrogen and oxygen atoms in total. The predicted octanol–water partition coefficient (Wildman–Crippen LogP) is 0.433. The minimum atomic E-state index is 0.306. The summed E-state index contributed by atoms with van der Waals surface area (Å²) in [6.45, 7) is 4.40. The lowest BCUT2D eigenvalue weighted by Gasteiger charge is -2.35. The first-order valence-corrected chi connectivity index (χ1v) is 6.56. The van der Waals surface area contributed by atoms with Crippen molar-refractivity contribution in [3.8, 4) is 0 Å². The third-order valence-corrected chi connectivity index (χ3v) is 4.17. The van der Waals surface area contributed by atoms with E-state index in [2.05, 4.69) is 4.90 Å². The number of rotatable bonds is 3. The lowest BCUT2D eigenvalue weighted by Crippen LogP contribution is -2.46. The summed E-state index contributed by atoms with van der Waals surface area (Å²) in [6, 6.07) is 0.384. The lowest BCUT2D eigenvalue weighted by atomic mass is 10.1. The largest absolute Gasteiger partial charge is 0.395 e. The van der Waals surface area contributed by atoms with E-state index in [9.17, 15) is 5.11 Å². The highest BCUT2D eigenvalue weighted by Crippen LogP contribution is 2.20. The van der Waals surface area contributed by atoms with Crippen LogP contribution in [0.1, 0.15) is 6.42 Å². The summed E-state index contributed by atoms with van der Waals surface area (Å²) >= 11 is 1.96. The van der Waals surface area contributed by atoms with Crippen LogP contribution in [0.5, 0.6) is 0 Å². The van der Waals surface area contributed by atoms with E-state index in [1.807, 2.05) is 11.8 Å². The molecule has 2 heterocycles. The van der Waals surface area contributed by atoms with Gasteiger partial charge in [-0.25, -0.2) is 0 Å². The first-order chi connectivity index (χ1) is 6.90. The van der Waals surface area contributed by atoms with Gasteiger partial charge in [-0.15, -0.1) is 0 Å². The number of ether oxygens (including phenoxy) is 1. The van der Waals surface area contributed by atoms with Gasteiger partial charge in [0.05, 0.1) is 13.2 Å². The quantitative estimate of drug-likeness (QED) is 0.743. The van der Waals surface area contributed by atoms with Crippen LogP contribution >= 0.6 is 11.8 Å². The minimum Gasteiger partial charge on any atom is -0.395 e. The molecule has 0 spiro atoms. The summed E-state index contributed by atoms with van der Waals surface area (Å²) in [5.41, 5.74) is 0. The average molecular weight is 217 g/mol. The Balaban J connectivity index is 1.81. The number of aliphatic hydroxyl groups is 1. The van der Waals surface area contributed by atoms with Crippen LogP contribution in [0.2, 0.25) is 0 Å². The van der Waals surface area contributed by atoms with E-state index in [1.54, 1.807) is 0 Å². The highest BCUT2D eigenvalue weighted by molar-refractivity contribution is 7.99. The van der Waals surface area contributed by atoms with Gasteiger partial charge >= 0.3 is 0 Å². The van der Waals surface area contributed by atoms with Crippen LogP contribution in [0, 0.1) is 5.92 Å². The van der Waals surface area contributed by atoms with E-state index in [0.29, 0.717) is 18.6 Å².